The molecular weight excluding hydrogens is 476 g/mol. The normalized spacial score (nSPS) is 44.8. The van der Waals surface area contributed by atoms with E-state index in [9.17, 15) is 4.79 Å². The minimum Gasteiger partial charge on any atom is -0.399 e. The number of anilines is 2. The smallest absolute Gasteiger partial charge is 0.166 e. The maximum absolute atomic E-state index is 13.8. The Labute approximate surface area is 238 Å². The van der Waals surface area contributed by atoms with E-state index in [2.05, 4.69) is 47.6 Å². The summed E-state index contributed by atoms with van der Waals surface area (Å²) in [6.45, 7) is 14.9. The summed E-state index contributed by atoms with van der Waals surface area (Å²) in [6.07, 6.45) is 16.0. The summed E-state index contributed by atoms with van der Waals surface area (Å²) in [5, 5.41) is 0. The van der Waals surface area contributed by atoms with Crippen molar-refractivity contribution < 1.29 is 4.79 Å². The Kier molecular flexibility index (Phi) is 6.59. The highest BCUT2D eigenvalue weighted by molar-refractivity contribution is 6.02. The SMILES string of the molecule is CC(C)=CCCC(C)C1CCC2C3CCC4C(C)(CCC5C(C(=O)c6cc(N)cc(N)c6)C54C)C3CCC12C. The highest BCUT2D eigenvalue weighted by Crippen LogP contribution is 2.79. The second-order valence-corrected chi connectivity index (χ2v) is 15.8. The molecule has 39 heavy (non-hydrogen) atoms. The molecule has 3 heteroatoms. The van der Waals surface area contributed by atoms with Crippen molar-refractivity contribution >= 4 is 17.2 Å². The Morgan fingerprint density at radius 1 is 0.897 bits per heavy atom. The van der Waals surface area contributed by atoms with Crippen LogP contribution in [0, 0.1) is 63.6 Å². The van der Waals surface area contributed by atoms with Gasteiger partial charge in [-0.05, 0) is 154 Å². The molecule has 6 rings (SSSR count). The van der Waals surface area contributed by atoms with E-state index >= 15 is 0 Å². The number of rotatable bonds is 6. The molecule has 1 aromatic carbocycles. The average Bonchev–Trinajstić information content (AvgIpc) is 3.31. The first kappa shape index (κ1) is 27.4. The van der Waals surface area contributed by atoms with Crippen LogP contribution in [0.2, 0.25) is 0 Å². The fourth-order valence-electron chi connectivity index (χ4n) is 12.2. The second kappa shape index (κ2) is 9.38. The molecule has 0 aromatic heterocycles. The topological polar surface area (TPSA) is 69.1 Å². The number of nitrogen functional groups attached to an aromatic ring is 2. The molecule has 11 unspecified atom stereocenters. The van der Waals surface area contributed by atoms with Crippen LogP contribution in [0.25, 0.3) is 0 Å². The molecule has 0 spiro atoms. The van der Waals surface area contributed by atoms with E-state index in [0.29, 0.717) is 39.8 Å². The van der Waals surface area contributed by atoms with E-state index in [1.54, 1.807) is 6.07 Å². The van der Waals surface area contributed by atoms with E-state index in [1.807, 2.05) is 12.1 Å². The lowest BCUT2D eigenvalue weighted by Gasteiger charge is -2.62. The quantitative estimate of drug-likeness (QED) is 0.219. The van der Waals surface area contributed by atoms with Crippen LogP contribution in [0.3, 0.4) is 0 Å². The first-order valence-electron chi connectivity index (χ1n) is 16.2. The van der Waals surface area contributed by atoms with Gasteiger partial charge in [-0.15, -0.1) is 0 Å². The zero-order valence-electron chi connectivity index (χ0n) is 25.6. The summed E-state index contributed by atoms with van der Waals surface area (Å²) < 4.78 is 0. The predicted octanol–water partition coefficient (Wildman–Crippen LogP) is 8.94. The molecule has 0 radical (unpaired) electrons. The van der Waals surface area contributed by atoms with Crippen LogP contribution in [-0.4, -0.2) is 5.78 Å². The van der Waals surface area contributed by atoms with E-state index in [0.717, 1.165) is 35.2 Å². The van der Waals surface area contributed by atoms with E-state index in [1.165, 1.54) is 69.8 Å². The van der Waals surface area contributed by atoms with Gasteiger partial charge < -0.3 is 11.5 Å². The summed E-state index contributed by atoms with van der Waals surface area (Å²) in [4.78, 5) is 13.8. The molecule has 0 bridgehead atoms. The highest BCUT2D eigenvalue weighted by Gasteiger charge is 2.74. The van der Waals surface area contributed by atoms with Crippen molar-refractivity contribution in [1.82, 2.24) is 0 Å². The molecule has 0 saturated heterocycles. The van der Waals surface area contributed by atoms with Crippen LogP contribution in [0.4, 0.5) is 11.4 Å². The lowest BCUT2D eigenvalue weighted by Crippen LogP contribution is -2.55. The summed E-state index contributed by atoms with van der Waals surface area (Å²) in [7, 11) is 0. The molecule has 5 aliphatic rings. The number of carbonyl (C=O) groups excluding carboxylic acids is 1. The maximum Gasteiger partial charge on any atom is 0.166 e. The van der Waals surface area contributed by atoms with Gasteiger partial charge in [0.15, 0.2) is 5.78 Å². The molecule has 5 saturated carbocycles. The summed E-state index contributed by atoms with van der Waals surface area (Å²) in [6, 6.07) is 5.45. The predicted molar refractivity (Wildman–Crippen MR) is 163 cm³/mol. The fourth-order valence-corrected chi connectivity index (χ4v) is 12.2. The van der Waals surface area contributed by atoms with E-state index in [-0.39, 0.29) is 11.3 Å². The summed E-state index contributed by atoms with van der Waals surface area (Å²) in [5.41, 5.74) is 16.6. The Bertz CT molecular complexity index is 1150. The zero-order valence-corrected chi connectivity index (χ0v) is 25.6. The Hall–Kier alpha value is -1.77. The lowest BCUT2D eigenvalue weighted by molar-refractivity contribution is -0.131. The number of allylic oxidation sites excluding steroid dienone is 2. The van der Waals surface area contributed by atoms with Crippen molar-refractivity contribution in [2.75, 3.05) is 11.5 Å². The monoisotopic (exact) mass is 530 g/mol. The number of benzene rings is 1. The molecule has 0 heterocycles. The molecule has 0 aliphatic heterocycles. The van der Waals surface area contributed by atoms with Gasteiger partial charge in [0.2, 0.25) is 0 Å². The number of hydrogen-bond acceptors (Lipinski definition) is 3. The number of Topliss-reactive ketones (excluding diaryl/α,β-unsaturated/α-hetero) is 1. The van der Waals surface area contributed by atoms with Gasteiger partial charge in [0.05, 0.1) is 0 Å². The summed E-state index contributed by atoms with van der Waals surface area (Å²) in [5.74, 6) is 6.00. The fraction of sp³-hybridized carbons (Fsp3) is 0.750. The first-order chi connectivity index (χ1) is 18.4. The van der Waals surface area contributed by atoms with Gasteiger partial charge in [0.1, 0.15) is 0 Å². The number of fused-ring (bicyclic) bond motifs is 7. The largest absolute Gasteiger partial charge is 0.399 e. The van der Waals surface area contributed by atoms with Gasteiger partial charge in [-0.2, -0.15) is 0 Å². The van der Waals surface area contributed by atoms with Crippen molar-refractivity contribution in [3.05, 3.63) is 35.4 Å². The zero-order chi connectivity index (χ0) is 27.9. The Balaban J connectivity index is 1.20. The van der Waals surface area contributed by atoms with Crippen LogP contribution in [-0.2, 0) is 0 Å². The van der Waals surface area contributed by atoms with Gasteiger partial charge in [0, 0.05) is 22.9 Å². The van der Waals surface area contributed by atoms with Crippen molar-refractivity contribution in [3.8, 4) is 0 Å². The van der Waals surface area contributed by atoms with Crippen LogP contribution < -0.4 is 11.5 Å². The van der Waals surface area contributed by atoms with E-state index < -0.39 is 0 Å². The first-order valence-corrected chi connectivity index (χ1v) is 16.2. The standard InChI is InChI=1S/C36H54N2O/c1-21(2)8-7-9-22(3)27-11-12-28-26-10-13-31-35(5,29(26)14-16-34(27,28)4)17-15-30-32(36(30,31)6)33(39)23-18-24(37)20-25(38)19-23/h8,18-20,22,26-32H,7,9-17,37-38H2,1-6H3. The van der Waals surface area contributed by atoms with Crippen LogP contribution in [0.5, 0.6) is 0 Å². The van der Waals surface area contributed by atoms with Gasteiger partial charge >= 0.3 is 0 Å². The second-order valence-electron chi connectivity index (χ2n) is 15.8. The van der Waals surface area contributed by atoms with Crippen molar-refractivity contribution in [2.24, 2.45) is 63.6 Å². The molecule has 11 atom stereocenters. The van der Waals surface area contributed by atoms with Gasteiger partial charge in [-0.1, -0.05) is 39.3 Å². The number of hydrogen-bond donors (Lipinski definition) is 2. The highest BCUT2D eigenvalue weighted by atomic mass is 16.1. The van der Waals surface area contributed by atoms with Crippen molar-refractivity contribution in [1.29, 1.82) is 0 Å². The molecule has 0 amide bonds. The van der Waals surface area contributed by atoms with Crippen molar-refractivity contribution in [3.63, 3.8) is 0 Å². The molecule has 5 aliphatic carbocycles. The molecule has 4 N–H and O–H groups in total. The minimum atomic E-state index is 0.146. The molecule has 5 fully saturated rings. The van der Waals surface area contributed by atoms with E-state index in [4.69, 9.17) is 11.5 Å². The maximum atomic E-state index is 13.8. The van der Waals surface area contributed by atoms with Gasteiger partial charge in [-0.3, -0.25) is 4.79 Å². The Morgan fingerprint density at radius 2 is 1.54 bits per heavy atom. The summed E-state index contributed by atoms with van der Waals surface area (Å²) >= 11 is 0. The number of carbonyl (C=O) groups is 1. The molecular formula is C36H54N2O. The van der Waals surface area contributed by atoms with Crippen molar-refractivity contribution in [2.45, 2.75) is 106 Å². The molecule has 3 nitrogen and oxygen atoms in total. The van der Waals surface area contributed by atoms with Crippen LogP contribution in [0.15, 0.2) is 29.8 Å². The van der Waals surface area contributed by atoms with Gasteiger partial charge in [0.25, 0.3) is 0 Å². The number of ketones is 1. The third-order valence-corrected chi connectivity index (χ3v) is 13.9. The Morgan fingerprint density at radius 3 is 2.23 bits per heavy atom. The van der Waals surface area contributed by atoms with Gasteiger partial charge in [-0.25, -0.2) is 0 Å². The molecule has 214 valence electrons. The van der Waals surface area contributed by atoms with Crippen LogP contribution >= 0.6 is 0 Å². The number of nitrogens with two attached hydrogens (primary N) is 2. The average molecular weight is 531 g/mol. The lowest BCUT2D eigenvalue weighted by atomic mass is 9.43. The molecule has 1 aromatic rings. The third kappa shape index (κ3) is 4.06. The van der Waals surface area contributed by atoms with Crippen LogP contribution in [0.1, 0.15) is 116 Å². The minimum absolute atomic E-state index is 0.146. The third-order valence-electron chi connectivity index (χ3n) is 13.9.